The summed E-state index contributed by atoms with van der Waals surface area (Å²) in [6.45, 7) is 2.90. The smallest absolute Gasteiger partial charge is 0.178 e. The van der Waals surface area contributed by atoms with Crippen molar-refractivity contribution in [1.29, 1.82) is 0 Å². The van der Waals surface area contributed by atoms with E-state index in [0.29, 0.717) is 18.1 Å². The van der Waals surface area contributed by atoms with E-state index in [2.05, 4.69) is 5.32 Å². The Hall–Kier alpha value is -1.11. The fourth-order valence-corrected chi connectivity index (χ4v) is 3.19. The van der Waals surface area contributed by atoms with E-state index in [0.717, 1.165) is 18.5 Å². The molecular formula is C14H21NO4S. The molecule has 0 radical (unpaired) electrons. The summed E-state index contributed by atoms with van der Waals surface area (Å²) in [6, 6.07) is 6.70. The van der Waals surface area contributed by atoms with Gasteiger partial charge in [-0.25, -0.2) is 8.42 Å². The maximum atomic E-state index is 11.7. The Morgan fingerprint density at radius 1 is 1.25 bits per heavy atom. The third kappa shape index (κ3) is 3.31. The molecule has 1 aromatic carbocycles. The summed E-state index contributed by atoms with van der Waals surface area (Å²) in [5.41, 5.74) is 0.444. The largest absolute Gasteiger partial charge is 0.394 e. The first kappa shape index (κ1) is 15.3. The van der Waals surface area contributed by atoms with E-state index in [1.54, 1.807) is 31.2 Å². The van der Waals surface area contributed by atoms with Crippen molar-refractivity contribution < 1.29 is 18.3 Å². The molecule has 0 bridgehead atoms. The highest BCUT2D eigenvalue weighted by molar-refractivity contribution is 7.91. The maximum Gasteiger partial charge on any atom is 0.178 e. The number of benzene rings is 1. The van der Waals surface area contributed by atoms with Gasteiger partial charge in [-0.3, -0.25) is 0 Å². The van der Waals surface area contributed by atoms with Crippen LogP contribution < -0.4 is 5.32 Å². The highest BCUT2D eigenvalue weighted by Gasteiger charge is 2.31. The zero-order chi connectivity index (χ0) is 14.6. The molecule has 1 heterocycles. The van der Waals surface area contributed by atoms with Crippen LogP contribution in [0.3, 0.4) is 0 Å². The molecule has 1 aliphatic heterocycles. The van der Waals surface area contributed by atoms with Crippen molar-refractivity contribution in [2.45, 2.75) is 30.2 Å². The zero-order valence-electron chi connectivity index (χ0n) is 11.6. The van der Waals surface area contributed by atoms with Crippen LogP contribution in [0.2, 0.25) is 0 Å². The third-order valence-electron chi connectivity index (χ3n) is 3.76. The Kier molecular flexibility index (Phi) is 4.67. The monoisotopic (exact) mass is 299 g/mol. The lowest BCUT2D eigenvalue weighted by molar-refractivity contribution is 0.0380. The molecule has 2 N–H and O–H groups in total. The van der Waals surface area contributed by atoms with Crippen molar-refractivity contribution in [3.05, 3.63) is 24.3 Å². The first-order valence-electron chi connectivity index (χ1n) is 6.81. The van der Waals surface area contributed by atoms with Crippen LogP contribution in [0.4, 0.5) is 5.69 Å². The van der Waals surface area contributed by atoms with Gasteiger partial charge in [-0.2, -0.15) is 0 Å². The van der Waals surface area contributed by atoms with E-state index in [9.17, 15) is 13.5 Å². The molecule has 0 aromatic heterocycles. The summed E-state index contributed by atoms with van der Waals surface area (Å²) in [6.07, 6.45) is 1.47. The highest BCUT2D eigenvalue weighted by atomic mass is 32.2. The summed E-state index contributed by atoms with van der Waals surface area (Å²) < 4.78 is 28.8. The molecule has 0 saturated carbocycles. The highest BCUT2D eigenvalue weighted by Crippen LogP contribution is 2.26. The second kappa shape index (κ2) is 6.11. The molecule has 1 fully saturated rings. The van der Waals surface area contributed by atoms with Crippen LogP contribution in [0, 0.1) is 0 Å². The molecule has 0 aliphatic carbocycles. The number of aliphatic hydroxyl groups is 1. The molecule has 2 rings (SSSR count). The van der Waals surface area contributed by atoms with Gasteiger partial charge < -0.3 is 15.2 Å². The number of ether oxygens (including phenoxy) is 1. The second-order valence-electron chi connectivity index (χ2n) is 5.10. The van der Waals surface area contributed by atoms with Crippen molar-refractivity contribution in [1.82, 2.24) is 0 Å². The molecule has 0 unspecified atom stereocenters. The average molecular weight is 299 g/mol. The first-order valence-corrected chi connectivity index (χ1v) is 8.46. The standard InChI is InChI=1S/C14H21NO4S/c1-2-20(17,18)13-5-3-12(4-6-13)15-14(11-16)7-9-19-10-8-14/h3-6,15-16H,2,7-11H2,1H3. The van der Waals surface area contributed by atoms with Crippen LogP contribution in [0.25, 0.3) is 0 Å². The fraction of sp³-hybridized carbons (Fsp3) is 0.571. The summed E-state index contributed by atoms with van der Waals surface area (Å²) in [5, 5.41) is 12.9. The van der Waals surface area contributed by atoms with Gasteiger partial charge in [0.05, 0.1) is 22.8 Å². The number of sulfone groups is 1. The van der Waals surface area contributed by atoms with Crippen LogP contribution in [-0.2, 0) is 14.6 Å². The normalized spacial score (nSPS) is 18.7. The Morgan fingerprint density at radius 2 is 1.85 bits per heavy atom. The van der Waals surface area contributed by atoms with Gasteiger partial charge in [0.1, 0.15) is 0 Å². The van der Waals surface area contributed by atoms with Crippen molar-refractivity contribution in [3.63, 3.8) is 0 Å². The van der Waals surface area contributed by atoms with E-state index >= 15 is 0 Å². The van der Waals surface area contributed by atoms with Crippen molar-refractivity contribution in [2.75, 3.05) is 30.9 Å². The topological polar surface area (TPSA) is 75.6 Å². The number of nitrogens with one attached hydrogen (secondary N) is 1. The molecule has 0 atom stereocenters. The molecule has 1 aliphatic rings. The quantitative estimate of drug-likeness (QED) is 0.860. The fourth-order valence-electron chi connectivity index (χ4n) is 2.30. The van der Waals surface area contributed by atoms with Crippen LogP contribution in [-0.4, -0.2) is 44.6 Å². The number of aliphatic hydroxyl groups excluding tert-OH is 1. The van der Waals surface area contributed by atoms with E-state index in [-0.39, 0.29) is 17.9 Å². The van der Waals surface area contributed by atoms with Gasteiger partial charge in [-0.15, -0.1) is 0 Å². The molecule has 112 valence electrons. The maximum absolute atomic E-state index is 11.7. The van der Waals surface area contributed by atoms with Gasteiger partial charge >= 0.3 is 0 Å². The van der Waals surface area contributed by atoms with Gasteiger partial charge in [-0.1, -0.05) is 6.92 Å². The van der Waals surface area contributed by atoms with Crippen LogP contribution in [0.5, 0.6) is 0 Å². The molecule has 0 spiro atoms. The Bertz CT molecular complexity index is 533. The van der Waals surface area contributed by atoms with Crippen molar-refractivity contribution in [3.8, 4) is 0 Å². The number of hydrogen-bond donors (Lipinski definition) is 2. The molecular weight excluding hydrogens is 278 g/mol. The third-order valence-corrected chi connectivity index (χ3v) is 5.51. The molecule has 1 aromatic rings. The van der Waals surface area contributed by atoms with Gasteiger partial charge in [0.15, 0.2) is 9.84 Å². The minimum absolute atomic E-state index is 0.0331. The van der Waals surface area contributed by atoms with Crippen molar-refractivity contribution >= 4 is 15.5 Å². The number of anilines is 1. The molecule has 5 nitrogen and oxygen atoms in total. The van der Waals surface area contributed by atoms with Gasteiger partial charge in [-0.05, 0) is 37.1 Å². The van der Waals surface area contributed by atoms with Crippen LogP contribution >= 0.6 is 0 Å². The van der Waals surface area contributed by atoms with Crippen LogP contribution in [0.15, 0.2) is 29.2 Å². The van der Waals surface area contributed by atoms with Crippen molar-refractivity contribution in [2.24, 2.45) is 0 Å². The minimum atomic E-state index is -3.17. The molecule has 20 heavy (non-hydrogen) atoms. The van der Waals surface area contributed by atoms with Gasteiger partial charge in [0.2, 0.25) is 0 Å². The molecule has 1 saturated heterocycles. The molecule has 6 heteroatoms. The predicted molar refractivity (Wildman–Crippen MR) is 77.7 cm³/mol. The van der Waals surface area contributed by atoms with E-state index in [1.165, 1.54) is 0 Å². The van der Waals surface area contributed by atoms with E-state index in [4.69, 9.17) is 4.74 Å². The minimum Gasteiger partial charge on any atom is -0.394 e. The Balaban J connectivity index is 2.14. The van der Waals surface area contributed by atoms with Gasteiger partial charge in [0.25, 0.3) is 0 Å². The summed E-state index contributed by atoms with van der Waals surface area (Å²) >= 11 is 0. The van der Waals surface area contributed by atoms with Crippen LogP contribution in [0.1, 0.15) is 19.8 Å². The summed E-state index contributed by atoms with van der Waals surface area (Å²) in [7, 11) is -3.17. The summed E-state index contributed by atoms with van der Waals surface area (Å²) in [4.78, 5) is 0.329. The predicted octanol–water partition coefficient (Wildman–Crippen LogP) is 1.43. The Morgan fingerprint density at radius 3 is 2.35 bits per heavy atom. The van der Waals surface area contributed by atoms with Gasteiger partial charge in [0, 0.05) is 18.9 Å². The van der Waals surface area contributed by atoms with E-state index in [1.807, 2.05) is 0 Å². The molecule has 0 amide bonds. The SMILES string of the molecule is CCS(=O)(=O)c1ccc(NC2(CO)CCOCC2)cc1. The lowest BCUT2D eigenvalue weighted by Crippen LogP contribution is -2.46. The lowest BCUT2D eigenvalue weighted by Gasteiger charge is -2.37. The Labute approximate surface area is 119 Å². The second-order valence-corrected chi connectivity index (χ2v) is 7.38. The lowest BCUT2D eigenvalue weighted by atomic mass is 9.90. The van der Waals surface area contributed by atoms with E-state index < -0.39 is 9.84 Å². The number of rotatable bonds is 5. The summed E-state index contributed by atoms with van der Waals surface area (Å²) in [5.74, 6) is 0.0949. The first-order chi connectivity index (χ1) is 9.51. The number of hydrogen-bond acceptors (Lipinski definition) is 5. The zero-order valence-corrected chi connectivity index (χ0v) is 12.4. The average Bonchev–Trinajstić information content (AvgIpc) is 2.49.